The minimum Gasteiger partial charge on any atom is -0.458 e. The molecular formula is C26H42N2O7. The minimum absolute atomic E-state index is 0.141. The molecule has 198 valence electrons. The van der Waals surface area contributed by atoms with Crippen LogP contribution >= 0.6 is 0 Å². The molecule has 0 saturated heterocycles. The smallest absolute Gasteiger partial charge is 0.407 e. The highest BCUT2D eigenvalue weighted by molar-refractivity contribution is 5.84. The van der Waals surface area contributed by atoms with Crippen molar-refractivity contribution in [1.82, 2.24) is 10.6 Å². The third-order valence-corrected chi connectivity index (χ3v) is 4.62. The van der Waals surface area contributed by atoms with Crippen LogP contribution < -0.4 is 10.6 Å². The molecule has 35 heavy (non-hydrogen) atoms. The molecule has 1 rings (SSSR count). The van der Waals surface area contributed by atoms with Gasteiger partial charge in [0.25, 0.3) is 0 Å². The number of rotatable bonds is 17. The van der Waals surface area contributed by atoms with Crippen molar-refractivity contribution in [2.45, 2.75) is 78.0 Å². The van der Waals surface area contributed by atoms with Crippen molar-refractivity contribution in [3.63, 3.8) is 0 Å². The van der Waals surface area contributed by atoms with Crippen LogP contribution in [0.25, 0.3) is 0 Å². The Morgan fingerprint density at radius 2 is 1.63 bits per heavy atom. The van der Waals surface area contributed by atoms with E-state index in [4.69, 9.17) is 18.9 Å². The average Bonchev–Trinajstić information content (AvgIpc) is 2.80. The summed E-state index contributed by atoms with van der Waals surface area (Å²) in [5, 5.41) is 5.45. The second kappa shape index (κ2) is 17.7. The van der Waals surface area contributed by atoms with Gasteiger partial charge in [0.05, 0.1) is 19.8 Å². The van der Waals surface area contributed by atoms with Gasteiger partial charge in [0.2, 0.25) is 5.91 Å². The first-order valence-electron chi connectivity index (χ1n) is 12.3. The van der Waals surface area contributed by atoms with E-state index >= 15 is 0 Å². The molecule has 0 aliphatic rings. The van der Waals surface area contributed by atoms with Crippen molar-refractivity contribution in [3.8, 4) is 0 Å². The van der Waals surface area contributed by atoms with E-state index < -0.39 is 23.7 Å². The Morgan fingerprint density at radius 1 is 0.943 bits per heavy atom. The van der Waals surface area contributed by atoms with Crippen LogP contribution in [-0.2, 0) is 35.1 Å². The first kappa shape index (κ1) is 30.4. The summed E-state index contributed by atoms with van der Waals surface area (Å²) in [6.07, 6.45) is 2.22. The van der Waals surface area contributed by atoms with Gasteiger partial charge in [-0.25, -0.2) is 9.59 Å². The maximum Gasteiger partial charge on any atom is 0.407 e. The molecule has 0 aliphatic carbocycles. The standard InChI is InChI=1S/C26H42N2O7/c1-5-16-32-18-19-33-17-14-23(29)28-22(24(30)35-26(2,3)4)13-9-10-15-27-25(31)34-20-21-11-7-6-8-12-21/h6-8,11-12,22H,5,9-10,13-20H2,1-4H3,(H,27,31)(H,28,29)/t22-/m0/s1. The average molecular weight is 495 g/mol. The van der Waals surface area contributed by atoms with Gasteiger partial charge in [-0.15, -0.1) is 0 Å². The maximum absolute atomic E-state index is 12.6. The van der Waals surface area contributed by atoms with E-state index in [1.54, 1.807) is 20.8 Å². The third kappa shape index (κ3) is 16.6. The van der Waals surface area contributed by atoms with Crippen LogP contribution in [0.15, 0.2) is 30.3 Å². The molecule has 0 aromatic heterocycles. The zero-order valence-electron chi connectivity index (χ0n) is 21.6. The van der Waals surface area contributed by atoms with Gasteiger partial charge in [-0.2, -0.15) is 0 Å². The van der Waals surface area contributed by atoms with E-state index in [1.807, 2.05) is 37.3 Å². The quantitative estimate of drug-likeness (QED) is 0.251. The number of hydrogen-bond acceptors (Lipinski definition) is 7. The Balaban J connectivity index is 2.33. The molecule has 0 heterocycles. The fourth-order valence-electron chi connectivity index (χ4n) is 2.96. The highest BCUT2D eigenvalue weighted by Crippen LogP contribution is 2.12. The summed E-state index contributed by atoms with van der Waals surface area (Å²) in [5.74, 6) is -0.757. The third-order valence-electron chi connectivity index (χ3n) is 4.62. The summed E-state index contributed by atoms with van der Waals surface area (Å²) in [4.78, 5) is 36.7. The topological polar surface area (TPSA) is 112 Å². The van der Waals surface area contributed by atoms with Crippen molar-refractivity contribution in [1.29, 1.82) is 0 Å². The molecule has 2 amide bonds. The summed E-state index contributed by atoms with van der Waals surface area (Å²) >= 11 is 0. The van der Waals surface area contributed by atoms with Crippen LogP contribution in [0.1, 0.15) is 65.4 Å². The lowest BCUT2D eigenvalue weighted by Crippen LogP contribution is -2.44. The lowest BCUT2D eigenvalue weighted by atomic mass is 10.1. The molecule has 0 spiro atoms. The first-order chi connectivity index (χ1) is 16.7. The zero-order chi connectivity index (χ0) is 25.9. The van der Waals surface area contributed by atoms with Crippen LogP contribution in [0.2, 0.25) is 0 Å². The van der Waals surface area contributed by atoms with Crippen LogP contribution in [0.3, 0.4) is 0 Å². The number of unbranched alkanes of at least 4 members (excludes halogenated alkanes) is 1. The summed E-state index contributed by atoms with van der Waals surface area (Å²) in [6.45, 7) is 9.82. The van der Waals surface area contributed by atoms with Gasteiger partial charge in [-0.3, -0.25) is 4.79 Å². The number of hydrogen-bond donors (Lipinski definition) is 2. The second-order valence-electron chi connectivity index (χ2n) is 9.11. The largest absolute Gasteiger partial charge is 0.458 e. The molecule has 9 heteroatoms. The normalized spacial score (nSPS) is 12.0. The molecular weight excluding hydrogens is 452 g/mol. The van der Waals surface area contributed by atoms with Gasteiger partial charge in [0, 0.05) is 19.6 Å². The minimum atomic E-state index is -0.764. The maximum atomic E-state index is 12.6. The number of amides is 2. The number of carbonyl (C=O) groups is 3. The summed E-state index contributed by atoms with van der Waals surface area (Å²) in [6, 6.07) is 8.66. The van der Waals surface area contributed by atoms with Crippen LogP contribution in [0.4, 0.5) is 4.79 Å². The Bertz CT molecular complexity index is 735. The molecule has 9 nitrogen and oxygen atoms in total. The molecule has 1 atom stereocenters. The van der Waals surface area contributed by atoms with Crippen LogP contribution in [-0.4, -0.2) is 62.6 Å². The summed E-state index contributed by atoms with van der Waals surface area (Å²) in [5.41, 5.74) is 0.250. The fraction of sp³-hybridized carbons (Fsp3) is 0.654. The summed E-state index contributed by atoms with van der Waals surface area (Å²) < 4.78 is 21.4. The number of benzene rings is 1. The number of esters is 1. The van der Waals surface area contributed by atoms with E-state index in [0.29, 0.717) is 45.6 Å². The number of nitrogens with one attached hydrogen (secondary N) is 2. The van der Waals surface area contributed by atoms with Gasteiger partial charge >= 0.3 is 12.1 Å². The predicted molar refractivity (Wildman–Crippen MR) is 133 cm³/mol. The fourth-order valence-corrected chi connectivity index (χ4v) is 2.96. The predicted octanol–water partition coefficient (Wildman–Crippen LogP) is 3.74. The van der Waals surface area contributed by atoms with Gasteiger partial charge in [0.15, 0.2) is 0 Å². The monoisotopic (exact) mass is 494 g/mol. The number of ether oxygens (including phenoxy) is 4. The lowest BCUT2D eigenvalue weighted by Gasteiger charge is -2.24. The van der Waals surface area contributed by atoms with Crippen molar-refractivity contribution in [2.24, 2.45) is 0 Å². The van der Waals surface area contributed by atoms with Gasteiger partial charge in [-0.1, -0.05) is 37.3 Å². The van der Waals surface area contributed by atoms with Crippen molar-refractivity contribution >= 4 is 18.0 Å². The Kier molecular flexibility index (Phi) is 15.4. The lowest BCUT2D eigenvalue weighted by molar-refractivity contribution is -0.159. The van der Waals surface area contributed by atoms with Crippen LogP contribution in [0, 0.1) is 0 Å². The Hall–Kier alpha value is -2.65. The second-order valence-corrected chi connectivity index (χ2v) is 9.11. The Labute approximate surface area is 209 Å². The molecule has 1 aromatic rings. The van der Waals surface area contributed by atoms with Crippen molar-refractivity contribution < 1.29 is 33.3 Å². The number of alkyl carbamates (subject to hydrolysis) is 1. The Morgan fingerprint density at radius 3 is 2.29 bits per heavy atom. The van der Waals surface area contributed by atoms with E-state index in [0.717, 1.165) is 12.0 Å². The van der Waals surface area contributed by atoms with Crippen molar-refractivity contribution in [2.75, 3.05) is 33.0 Å². The molecule has 0 radical (unpaired) electrons. The van der Waals surface area contributed by atoms with Crippen molar-refractivity contribution in [3.05, 3.63) is 35.9 Å². The highest BCUT2D eigenvalue weighted by Gasteiger charge is 2.26. The first-order valence-corrected chi connectivity index (χ1v) is 12.3. The molecule has 0 fully saturated rings. The SMILES string of the molecule is CCCOCCOCCC(=O)N[C@@H](CCCCNC(=O)OCc1ccccc1)C(=O)OC(C)(C)C. The summed E-state index contributed by atoms with van der Waals surface area (Å²) in [7, 11) is 0. The van der Waals surface area contributed by atoms with Crippen LogP contribution in [0.5, 0.6) is 0 Å². The molecule has 1 aromatic carbocycles. The molecule has 2 N–H and O–H groups in total. The molecule has 0 aliphatic heterocycles. The van der Waals surface area contributed by atoms with Gasteiger partial charge in [-0.05, 0) is 52.0 Å². The highest BCUT2D eigenvalue weighted by atomic mass is 16.6. The molecule has 0 unspecified atom stereocenters. The molecule has 0 bridgehead atoms. The van der Waals surface area contributed by atoms with Gasteiger partial charge < -0.3 is 29.6 Å². The van der Waals surface area contributed by atoms with Gasteiger partial charge in [0.1, 0.15) is 18.2 Å². The zero-order valence-corrected chi connectivity index (χ0v) is 21.6. The molecule has 0 saturated carbocycles. The van der Waals surface area contributed by atoms with E-state index in [1.165, 1.54) is 0 Å². The van der Waals surface area contributed by atoms with E-state index in [2.05, 4.69) is 10.6 Å². The number of carbonyl (C=O) groups excluding carboxylic acids is 3. The van der Waals surface area contributed by atoms with E-state index in [-0.39, 0.29) is 25.5 Å². The van der Waals surface area contributed by atoms with E-state index in [9.17, 15) is 14.4 Å².